The number of benzene rings is 4. The van der Waals surface area contributed by atoms with Gasteiger partial charge in [0.1, 0.15) is 0 Å². The van der Waals surface area contributed by atoms with Crippen LogP contribution in [0.3, 0.4) is 0 Å². The van der Waals surface area contributed by atoms with Crippen molar-refractivity contribution in [2.75, 3.05) is 0 Å². The third-order valence-electron chi connectivity index (χ3n) is 4.31. The first-order chi connectivity index (χ1) is 19.6. The van der Waals surface area contributed by atoms with Gasteiger partial charge in [0, 0.05) is 0 Å². The van der Waals surface area contributed by atoms with E-state index in [0.717, 1.165) is 0 Å². The zero-order chi connectivity index (χ0) is 29.3. The van der Waals surface area contributed by atoms with Gasteiger partial charge in [-0.15, -0.1) is 0 Å². The van der Waals surface area contributed by atoms with E-state index in [2.05, 4.69) is 0 Å². The van der Waals surface area contributed by atoms with Crippen molar-refractivity contribution >= 4 is 103 Å². The Morgan fingerprint density at radius 2 is 0.683 bits per heavy atom. The van der Waals surface area contributed by atoms with Crippen LogP contribution in [-0.2, 0) is 32.2 Å². The minimum atomic E-state index is -4.78. The molecule has 0 spiro atoms. The first-order valence-corrected chi connectivity index (χ1v) is 25.2. The fourth-order valence-corrected chi connectivity index (χ4v) is 25.3. The molecule has 41 heavy (non-hydrogen) atoms. The van der Waals surface area contributed by atoms with Gasteiger partial charge in [0.25, 0.3) is 0 Å². The number of rotatable bonds is 14. The van der Waals surface area contributed by atoms with Crippen LogP contribution in [0, 0.1) is 14.3 Å². The molecule has 0 fully saturated rings. The topological polar surface area (TPSA) is 155 Å². The standard InChI is InChI=1S/C24H22I4O11S2/c29-25(21-13-5-1-6-14-21)36-40(31,32)38-27(23-17-9-3-10-18-23)35-28(24-19-11-4-12-20-24)39-41(33,34)37-26(30)22-15-7-2-8-16-22/h1-20,29-30H. The molecule has 0 bridgehead atoms. The molecule has 0 unspecified atom stereocenters. The Hall–Kier alpha value is -0.580. The molecule has 4 rings (SSSR count). The summed E-state index contributed by atoms with van der Waals surface area (Å²) in [6.07, 6.45) is 0. The summed E-state index contributed by atoms with van der Waals surface area (Å²) in [4.78, 5) is 0. The predicted octanol–water partition coefficient (Wildman–Crippen LogP) is 6.37. The number of hydrogen-bond donors (Lipinski definition) is 2. The van der Waals surface area contributed by atoms with Gasteiger partial charge >= 0.3 is 274 Å². The summed E-state index contributed by atoms with van der Waals surface area (Å²) in [5, 5.41) is 0. The van der Waals surface area contributed by atoms with Crippen molar-refractivity contribution in [1.82, 2.24) is 0 Å². The molecule has 17 heteroatoms. The molecule has 0 saturated carbocycles. The fourth-order valence-electron chi connectivity index (χ4n) is 2.67. The van der Waals surface area contributed by atoms with Gasteiger partial charge in [-0.05, 0) is 0 Å². The van der Waals surface area contributed by atoms with Crippen LogP contribution in [0.25, 0.3) is 0 Å². The Bertz CT molecular complexity index is 1470. The van der Waals surface area contributed by atoms with Crippen LogP contribution in [0.4, 0.5) is 0 Å². The number of halogens is 4. The van der Waals surface area contributed by atoms with Crippen LogP contribution >= 0.6 is 82.6 Å². The van der Waals surface area contributed by atoms with Crippen LogP contribution in [0.1, 0.15) is 0 Å². The third kappa shape index (κ3) is 10.8. The molecule has 224 valence electrons. The quantitative estimate of drug-likeness (QED) is 0.136. The molecule has 4 aromatic carbocycles. The van der Waals surface area contributed by atoms with Crippen LogP contribution < -0.4 is 0 Å². The Morgan fingerprint density at radius 3 is 0.976 bits per heavy atom. The molecular formula is C24H22I4O11S2. The van der Waals surface area contributed by atoms with E-state index in [1.165, 1.54) is 24.3 Å². The summed E-state index contributed by atoms with van der Waals surface area (Å²) in [6.45, 7) is 0. The van der Waals surface area contributed by atoms with E-state index in [9.17, 15) is 23.7 Å². The normalized spacial score (nSPS) is 13.3. The Balaban J connectivity index is 1.59. The first-order valence-electron chi connectivity index (χ1n) is 11.0. The molecule has 0 aliphatic heterocycles. The molecule has 0 atom stereocenters. The average molecular weight is 1060 g/mol. The monoisotopic (exact) mass is 1060 g/mol. The summed E-state index contributed by atoms with van der Waals surface area (Å²) >= 11 is -14.7. The van der Waals surface area contributed by atoms with Crippen LogP contribution in [-0.4, -0.2) is 23.7 Å². The second kappa shape index (κ2) is 15.9. The van der Waals surface area contributed by atoms with E-state index >= 15 is 0 Å². The first kappa shape index (κ1) is 33.3. The predicted molar refractivity (Wildman–Crippen MR) is 184 cm³/mol. The van der Waals surface area contributed by atoms with Crippen molar-refractivity contribution in [2.45, 2.75) is 0 Å². The van der Waals surface area contributed by atoms with E-state index in [1.807, 2.05) is 0 Å². The summed E-state index contributed by atoms with van der Waals surface area (Å²) in [5.41, 5.74) is 0. The minimum absolute atomic E-state index is 0.329. The zero-order valence-corrected chi connectivity index (χ0v) is 30.7. The summed E-state index contributed by atoms with van der Waals surface area (Å²) in [5.74, 6) is 0. The Morgan fingerprint density at radius 1 is 0.415 bits per heavy atom. The summed E-state index contributed by atoms with van der Waals surface area (Å²) < 4.78 is 101. The van der Waals surface area contributed by atoms with Crippen molar-refractivity contribution in [3.05, 3.63) is 136 Å². The van der Waals surface area contributed by atoms with Crippen molar-refractivity contribution in [3.8, 4) is 0 Å². The molecule has 0 radical (unpaired) electrons. The number of hydrogen-bond acceptors (Lipinski definition) is 11. The van der Waals surface area contributed by atoms with Gasteiger partial charge in [0.15, 0.2) is 0 Å². The molecule has 0 aliphatic rings. The SMILES string of the molecule is O=S(=O)(OI(O)c1ccccc1)OI(OI(OS(=O)(=O)OI(O)c1ccccc1)c1ccccc1)c1ccccc1. The van der Waals surface area contributed by atoms with E-state index in [0.29, 0.717) is 14.3 Å². The van der Waals surface area contributed by atoms with Gasteiger partial charge in [-0.2, -0.15) is 0 Å². The molecule has 2 N–H and O–H groups in total. The van der Waals surface area contributed by atoms with Crippen LogP contribution in [0.2, 0.25) is 0 Å². The van der Waals surface area contributed by atoms with E-state index in [1.54, 1.807) is 97.1 Å². The summed E-state index contributed by atoms with van der Waals surface area (Å²) in [6, 6.07) is 32.3. The molecule has 0 aliphatic carbocycles. The molecular weight excluding hydrogens is 1040 g/mol. The van der Waals surface area contributed by atoms with Gasteiger partial charge in [0.05, 0.1) is 0 Å². The Kier molecular flexibility index (Phi) is 13.0. The third-order valence-corrected chi connectivity index (χ3v) is 26.4. The molecule has 0 heterocycles. The van der Waals surface area contributed by atoms with Gasteiger partial charge in [-0.25, -0.2) is 0 Å². The molecule has 0 amide bonds. The van der Waals surface area contributed by atoms with Gasteiger partial charge in [0.2, 0.25) is 0 Å². The summed E-state index contributed by atoms with van der Waals surface area (Å²) in [7, 11) is -9.56. The maximum atomic E-state index is 12.9. The maximum absolute atomic E-state index is 12.9. The van der Waals surface area contributed by atoms with Gasteiger partial charge in [-0.3, -0.25) is 0 Å². The van der Waals surface area contributed by atoms with Crippen molar-refractivity contribution in [3.63, 3.8) is 0 Å². The molecule has 0 saturated heterocycles. The zero-order valence-electron chi connectivity index (χ0n) is 20.4. The van der Waals surface area contributed by atoms with Gasteiger partial charge < -0.3 is 0 Å². The van der Waals surface area contributed by atoms with E-state index < -0.39 is 103 Å². The molecule has 4 aromatic rings. The van der Waals surface area contributed by atoms with Crippen LogP contribution in [0.15, 0.2) is 121 Å². The molecule has 0 aromatic heterocycles. The average Bonchev–Trinajstić information content (AvgIpc) is 2.97. The van der Waals surface area contributed by atoms with Gasteiger partial charge in [-0.1, -0.05) is 0 Å². The van der Waals surface area contributed by atoms with Crippen molar-refractivity contribution in [1.29, 1.82) is 0 Å². The van der Waals surface area contributed by atoms with E-state index in [4.69, 9.17) is 11.4 Å². The Labute approximate surface area is 270 Å². The van der Waals surface area contributed by atoms with Crippen molar-refractivity contribution < 1.29 is 35.2 Å². The van der Waals surface area contributed by atoms with E-state index in [-0.39, 0.29) is 0 Å². The second-order valence-electron chi connectivity index (χ2n) is 7.21. The second-order valence-corrected chi connectivity index (χ2v) is 26.3. The van der Waals surface area contributed by atoms with Crippen LogP contribution in [0.5, 0.6) is 0 Å². The molecule has 11 nitrogen and oxygen atoms in total. The van der Waals surface area contributed by atoms with Crippen molar-refractivity contribution in [2.24, 2.45) is 0 Å². The fraction of sp³-hybridized carbons (Fsp3) is 0.